The van der Waals surface area contributed by atoms with Crippen molar-refractivity contribution in [3.05, 3.63) is 192 Å². The second-order valence-electron chi connectivity index (χ2n) is 16.0. The molecule has 1 aliphatic heterocycles. The van der Waals surface area contributed by atoms with Crippen LogP contribution in [-0.2, 0) is 18.3 Å². The van der Waals surface area contributed by atoms with Crippen molar-refractivity contribution in [3.8, 4) is 44.5 Å². The van der Waals surface area contributed by atoms with E-state index in [2.05, 4.69) is 196 Å². The number of fused-ring (bicyclic) bond motifs is 8. The Morgan fingerprint density at radius 3 is 1.84 bits per heavy atom. The molecule has 11 rings (SSSR count). The van der Waals surface area contributed by atoms with Gasteiger partial charge in [-0.2, -0.15) is 0 Å². The van der Waals surface area contributed by atoms with E-state index in [0.717, 1.165) is 12.8 Å². The first-order chi connectivity index (χ1) is 27.0. The molecule has 0 spiro atoms. The van der Waals surface area contributed by atoms with Crippen LogP contribution in [0.5, 0.6) is 0 Å². The lowest BCUT2D eigenvalue weighted by Crippen LogP contribution is -2.14. The Morgan fingerprint density at radius 2 is 0.982 bits per heavy atom. The third-order valence-electron chi connectivity index (χ3n) is 12.7. The molecule has 0 atom stereocenters. The van der Waals surface area contributed by atoms with Crippen LogP contribution in [0.15, 0.2) is 170 Å². The van der Waals surface area contributed by atoms with Gasteiger partial charge in [-0.15, -0.1) is 0 Å². The highest BCUT2D eigenvalue weighted by molar-refractivity contribution is 6.22. The molecule has 0 fully saturated rings. The van der Waals surface area contributed by atoms with Crippen LogP contribution < -0.4 is 4.90 Å². The van der Waals surface area contributed by atoms with Gasteiger partial charge >= 0.3 is 0 Å². The van der Waals surface area contributed by atoms with Crippen LogP contribution in [-0.4, -0.2) is 7.05 Å². The van der Waals surface area contributed by atoms with E-state index >= 15 is 0 Å². The third-order valence-corrected chi connectivity index (χ3v) is 12.7. The van der Waals surface area contributed by atoms with Crippen molar-refractivity contribution >= 4 is 43.7 Å². The number of aryl methyl sites for hydroxylation is 2. The van der Waals surface area contributed by atoms with Crippen molar-refractivity contribution < 1.29 is 0 Å². The average Bonchev–Trinajstić information content (AvgIpc) is 3.36. The second kappa shape index (κ2) is 12.0. The van der Waals surface area contributed by atoms with Gasteiger partial charge in [0.25, 0.3) is 0 Å². The lowest BCUT2D eigenvalue weighted by Gasteiger charge is -2.24. The Balaban J connectivity index is 1.21. The third kappa shape index (κ3) is 4.79. The highest BCUT2D eigenvalue weighted by Crippen LogP contribution is 2.52. The van der Waals surface area contributed by atoms with Gasteiger partial charge in [-0.1, -0.05) is 159 Å². The zero-order valence-electron chi connectivity index (χ0n) is 31.5. The zero-order valence-corrected chi connectivity index (χ0v) is 31.5. The molecule has 2 aliphatic rings. The molecular weight excluding hydrogens is 663 g/mol. The van der Waals surface area contributed by atoms with Crippen LogP contribution >= 0.6 is 0 Å². The standard InChI is InChI=1S/C54H41N/c1-54(2)48-21-10-9-17-42(48)43-29-28-38(32-49(43)54)53-45-19-8-7-18-44(45)52(39-26-25-36-24-23-35-14-5-11-22-50(35)55(3)51(36)33-39)46-30-27-37(31-47(46)53)41-20-12-15-34-13-4-6-16-40(34)41/h4-22,25-33H,23-24H2,1-3H3. The number of hydrogen-bond donors (Lipinski definition) is 0. The van der Waals surface area contributed by atoms with Crippen LogP contribution in [0.2, 0.25) is 0 Å². The minimum absolute atomic E-state index is 0.0892. The molecule has 55 heavy (non-hydrogen) atoms. The SMILES string of the molecule is CN1c2ccccc2CCc2ccc(-c3c4ccccc4c(-c4ccc5c(c4)C(C)(C)c4ccccc4-5)c4cc(-c5cccc6ccccc56)ccc34)cc21. The predicted octanol–water partition coefficient (Wildman–Crippen LogP) is 14.3. The van der Waals surface area contributed by atoms with E-state index in [0.29, 0.717) is 0 Å². The van der Waals surface area contributed by atoms with Gasteiger partial charge in [0.05, 0.1) is 0 Å². The fraction of sp³-hybridized carbons (Fsp3) is 0.111. The Morgan fingerprint density at radius 1 is 0.400 bits per heavy atom. The molecule has 0 amide bonds. The maximum atomic E-state index is 2.50. The average molecular weight is 704 g/mol. The van der Waals surface area contributed by atoms with E-state index in [1.54, 1.807) is 0 Å². The fourth-order valence-corrected chi connectivity index (χ4v) is 10.00. The Hall–Kier alpha value is -6.44. The highest BCUT2D eigenvalue weighted by atomic mass is 15.1. The molecule has 0 unspecified atom stereocenters. The van der Waals surface area contributed by atoms with Gasteiger partial charge in [0, 0.05) is 23.8 Å². The van der Waals surface area contributed by atoms with Gasteiger partial charge in [0.2, 0.25) is 0 Å². The number of rotatable bonds is 3. The molecule has 0 saturated carbocycles. The molecule has 1 nitrogen and oxygen atoms in total. The molecule has 0 saturated heterocycles. The van der Waals surface area contributed by atoms with Gasteiger partial charge in [-0.3, -0.25) is 0 Å². The molecule has 9 aromatic carbocycles. The second-order valence-corrected chi connectivity index (χ2v) is 16.0. The summed E-state index contributed by atoms with van der Waals surface area (Å²) in [6, 6.07) is 64.0. The summed E-state index contributed by atoms with van der Waals surface area (Å²) in [5.41, 5.74) is 18.4. The van der Waals surface area contributed by atoms with Crippen LogP contribution in [0.25, 0.3) is 76.8 Å². The summed E-state index contributed by atoms with van der Waals surface area (Å²) in [7, 11) is 2.23. The van der Waals surface area contributed by atoms with E-state index in [-0.39, 0.29) is 5.41 Å². The van der Waals surface area contributed by atoms with Gasteiger partial charge in [0.1, 0.15) is 0 Å². The summed E-state index contributed by atoms with van der Waals surface area (Å²) in [6.45, 7) is 4.76. The van der Waals surface area contributed by atoms with E-state index in [9.17, 15) is 0 Å². The van der Waals surface area contributed by atoms with Crippen molar-refractivity contribution in [1.29, 1.82) is 0 Å². The lowest BCUT2D eigenvalue weighted by molar-refractivity contribution is 0.660. The molecule has 0 N–H and O–H groups in total. The minimum Gasteiger partial charge on any atom is -0.344 e. The number of nitrogens with zero attached hydrogens (tertiary/aromatic N) is 1. The highest BCUT2D eigenvalue weighted by Gasteiger charge is 2.35. The van der Waals surface area contributed by atoms with Gasteiger partial charge < -0.3 is 4.90 Å². The first-order valence-corrected chi connectivity index (χ1v) is 19.6. The van der Waals surface area contributed by atoms with Crippen molar-refractivity contribution in [2.75, 3.05) is 11.9 Å². The first kappa shape index (κ1) is 32.0. The van der Waals surface area contributed by atoms with Crippen molar-refractivity contribution in [2.24, 2.45) is 0 Å². The molecule has 0 radical (unpaired) electrons. The molecule has 9 aromatic rings. The van der Waals surface area contributed by atoms with Crippen LogP contribution in [0.4, 0.5) is 11.4 Å². The quantitative estimate of drug-likeness (QED) is 0.166. The number of hydrogen-bond acceptors (Lipinski definition) is 1. The number of anilines is 2. The van der Waals surface area contributed by atoms with E-state index in [1.165, 1.54) is 110 Å². The summed E-state index contributed by atoms with van der Waals surface area (Å²) in [4.78, 5) is 2.41. The van der Waals surface area contributed by atoms with E-state index in [4.69, 9.17) is 0 Å². The topological polar surface area (TPSA) is 3.24 Å². The first-order valence-electron chi connectivity index (χ1n) is 19.6. The molecule has 1 aliphatic carbocycles. The van der Waals surface area contributed by atoms with E-state index in [1.807, 2.05) is 0 Å². The van der Waals surface area contributed by atoms with E-state index < -0.39 is 0 Å². The molecular formula is C54H41N. The number of para-hydroxylation sites is 1. The smallest absolute Gasteiger partial charge is 0.0447 e. The Kier molecular flexibility index (Phi) is 7.01. The summed E-state index contributed by atoms with van der Waals surface area (Å²) in [6.07, 6.45) is 2.08. The fourth-order valence-electron chi connectivity index (χ4n) is 10.00. The minimum atomic E-state index is -0.0892. The summed E-state index contributed by atoms with van der Waals surface area (Å²) >= 11 is 0. The maximum Gasteiger partial charge on any atom is 0.0447 e. The van der Waals surface area contributed by atoms with Crippen molar-refractivity contribution in [2.45, 2.75) is 32.1 Å². The van der Waals surface area contributed by atoms with Gasteiger partial charge in [0.15, 0.2) is 0 Å². The van der Waals surface area contributed by atoms with Gasteiger partial charge in [-0.25, -0.2) is 0 Å². The summed E-state index contributed by atoms with van der Waals surface area (Å²) < 4.78 is 0. The van der Waals surface area contributed by atoms with Crippen LogP contribution in [0.3, 0.4) is 0 Å². The summed E-state index contributed by atoms with van der Waals surface area (Å²) in [5.74, 6) is 0. The Bertz CT molecular complexity index is 3030. The Labute approximate surface area is 323 Å². The van der Waals surface area contributed by atoms with Crippen molar-refractivity contribution in [1.82, 2.24) is 0 Å². The molecule has 0 aromatic heterocycles. The molecule has 262 valence electrons. The van der Waals surface area contributed by atoms with Crippen molar-refractivity contribution in [3.63, 3.8) is 0 Å². The monoisotopic (exact) mass is 703 g/mol. The lowest BCUT2D eigenvalue weighted by atomic mass is 9.80. The number of benzene rings is 9. The van der Waals surface area contributed by atoms with Crippen LogP contribution in [0, 0.1) is 0 Å². The van der Waals surface area contributed by atoms with Gasteiger partial charge in [-0.05, 0) is 136 Å². The zero-order chi connectivity index (χ0) is 36.8. The normalized spacial score (nSPS) is 14.1. The maximum absolute atomic E-state index is 2.50. The largest absolute Gasteiger partial charge is 0.344 e. The van der Waals surface area contributed by atoms with Crippen LogP contribution in [0.1, 0.15) is 36.1 Å². The molecule has 1 heteroatoms. The summed E-state index contributed by atoms with van der Waals surface area (Å²) in [5, 5.41) is 7.65. The predicted molar refractivity (Wildman–Crippen MR) is 235 cm³/mol. The molecule has 1 heterocycles. The molecule has 0 bridgehead atoms.